The van der Waals surface area contributed by atoms with E-state index in [1.165, 1.54) is 11.1 Å². The van der Waals surface area contributed by atoms with Gasteiger partial charge in [-0.3, -0.25) is 15.2 Å². The van der Waals surface area contributed by atoms with E-state index in [1.54, 1.807) is 24.4 Å². The van der Waals surface area contributed by atoms with Gasteiger partial charge in [-0.25, -0.2) is 25.0 Å². The molecule has 5 N–H and O–H groups in total. The minimum Gasteiger partial charge on any atom is -0.324 e. The number of carbonyl (C=O) groups is 1. The zero-order chi connectivity index (χ0) is 36.8. The third-order valence-corrected chi connectivity index (χ3v) is 9.44. The first-order chi connectivity index (χ1) is 25.3. The summed E-state index contributed by atoms with van der Waals surface area (Å²) in [7, 11) is 0. The fourth-order valence-corrected chi connectivity index (χ4v) is 7.17. The van der Waals surface area contributed by atoms with E-state index >= 15 is 0 Å². The number of nitrogens with zero attached hydrogens (tertiary/aromatic N) is 6. The number of aromatic amines is 3. The van der Waals surface area contributed by atoms with E-state index in [0.29, 0.717) is 11.6 Å². The van der Waals surface area contributed by atoms with E-state index in [-0.39, 0.29) is 28.8 Å². The molecule has 8 bridgehead atoms. The highest BCUT2D eigenvalue weighted by atomic mass is 16.1. The Kier molecular flexibility index (Phi) is 11.5. The Morgan fingerprint density at radius 2 is 1.04 bits per heavy atom. The lowest BCUT2D eigenvalue weighted by Crippen LogP contribution is -2.23. The maximum absolute atomic E-state index is 13.4. The lowest BCUT2D eigenvalue weighted by atomic mass is 10.0. The second-order valence-corrected chi connectivity index (χ2v) is 13.5. The Bertz CT molecular complexity index is 2180. The van der Waals surface area contributed by atoms with Gasteiger partial charge in [0, 0.05) is 39.6 Å². The molecule has 0 unspecified atom stereocenters. The van der Waals surface area contributed by atoms with Crippen molar-refractivity contribution in [3.63, 3.8) is 0 Å². The summed E-state index contributed by atoms with van der Waals surface area (Å²) >= 11 is 0. The van der Waals surface area contributed by atoms with Gasteiger partial charge in [0.25, 0.3) is 5.91 Å². The third kappa shape index (κ3) is 7.24. The van der Waals surface area contributed by atoms with Crippen molar-refractivity contribution in [1.82, 2.24) is 25.3 Å². The average molecular weight is 702 g/mol. The molecule has 12 heteroatoms. The number of fused-ring (bicyclic) bond motifs is 8. The lowest BCUT2D eigenvalue weighted by Gasteiger charge is -2.05. The molecule has 6 heterocycles. The van der Waals surface area contributed by atoms with Crippen molar-refractivity contribution in [2.75, 3.05) is 0 Å². The Morgan fingerprint density at radius 1 is 0.596 bits per heavy atom. The molecule has 272 valence electrons. The second-order valence-electron chi connectivity index (χ2n) is 13.5. The molecule has 0 atom stereocenters. The summed E-state index contributed by atoms with van der Waals surface area (Å²) < 4.78 is 0. The first kappa shape index (κ1) is 36.5. The standard InChI is InChI=1S/C40H51N11O/c1-7-15-23-24(16-8-2)33-44-32(23)45-34-25(17-9-3)27(19-11-5)36(47-34)49-38-30(41)31(43-40(52)29-21-13-14-22-42-29)39(51-38)50-37-28(20-12-6)26(18-10-4)35(46-33)48-37/h13-14,21-22,41,47-48H,7-12,15-20H2,1-6H3,(H,44,45,46)(H,49,50,51). The van der Waals surface area contributed by atoms with Gasteiger partial charge in [-0.05, 0) is 50.7 Å². The van der Waals surface area contributed by atoms with Crippen LogP contribution in [-0.4, -0.2) is 48.9 Å². The topological polar surface area (TPSA) is 175 Å². The van der Waals surface area contributed by atoms with Gasteiger partial charge >= 0.3 is 0 Å². The number of aliphatic imine (C=N–C) groups is 3. The number of amides is 1. The number of pyridine rings is 1. The van der Waals surface area contributed by atoms with Crippen LogP contribution in [0, 0.1) is 5.41 Å². The normalized spacial score (nSPS) is 14.6. The molecule has 1 amide bonds. The van der Waals surface area contributed by atoms with Gasteiger partial charge in [-0.15, -0.1) is 0 Å². The van der Waals surface area contributed by atoms with Gasteiger partial charge in [0.2, 0.25) is 0 Å². The van der Waals surface area contributed by atoms with Gasteiger partial charge < -0.3 is 20.3 Å². The van der Waals surface area contributed by atoms with Crippen LogP contribution in [0.1, 0.15) is 124 Å². The predicted molar refractivity (Wildman–Crippen MR) is 209 cm³/mol. The highest BCUT2D eigenvalue weighted by Gasteiger charge is 2.32. The van der Waals surface area contributed by atoms with Crippen molar-refractivity contribution < 1.29 is 4.79 Å². The van der Waals surface area contributed by atoms with Crippen molar-refractivity contribution in [1.29, 1.82) is 5.41 Å². The molecule has 4 aromatic heterocycles. The van der Waals surface area contributed by atoms with Crippen molar-refractivity contribution in [3.05, 3.63) is 74.4 Å². The van der Waals surface area contributed by atoms with Gasteiger partial charge in [-0.1, -0.05) is 86.1 Å². The Labute approximate surface area is 305 Å². The fraction of sp³-hybridized carbons (Fsp3) is 0.450. The van der Waals surface area contributed by atoms with Gasteiger partial charge in [0.15, 0.2) is 11.7 Å². The monoisotopic (exact) mass is 701 g/mol. The van der Waals surface area contributed by atoms with E-state index in [4.69, 9.17) is 20.0 Å². The molecule has 4 aromatic rings. The molecule has 1 fully saturated rings. The summed E-state index contributed by atoms with van der Waals surface area (Å²) in [5.41, 5.74) is 8.70. The number of H-pyrrole nitrogens is 3. The highest BCUT2D eigenvalue weighted by molar-refractivity contribution is 6.88. The number of amidine groups is 2. The van der Waals surface area contributed by atoms with E-state index in [2.05, 4.69) is 71.8 Å². The van der Waals surface area contributed by atoms with Gasteiger partial charge in [0.1, 0.15) is 51.4 Å². The first-order valence-electron chi connectivity index (χ1n) is 19.1. The van der Waals surface area contributed by atoms with Crippen molar-refractivity contribution in [3.8, 4) is 0 Å². The molecule has 6 rings (SSSR count). The zero-order valence-electron chi connectivity index (χ0n) is 31.4. The summed E-state index contributed by atoms with van der Waals surface area (Å²) in [5, 5.41) is 12.6. The lowest BCUT2D eigenvalue weighted by molar-refractivity contribution is 0.0998. The summed E-state index contributed by atoms with van der Waals surface area (Å²) in [6.07, 6.45) is 12.2. The predicted octanol–water partition coefficient (Wildman–Crippen LogP) is 7.66. The number of carbonyl (C=O) groups excluding carboxylic acids is 1. The molecule has 0 radical (unpaired) electrons. The molecule has 0 saturated carbocycles. The van der Waals surface area contributed by atoms with E-state index in [1.807, 2.05) is 0 Å². The number of hydrogen-bond acceptors (Lipinski definition) is 8. The van der Waals surface area contributed by atoms with Crippen molar-refractivity contribution >= 4 is 52.3 Å². The molecular formula is C40H51N11O. The summed E-state index contributed by atoms with van der Waals surface area (Å²) in [6.45, 7) is 13.1. The molecule has 1 saturated heterocycles. The number of hydrogen-bond donors (Lipinski definition) is 5. The van der Waals surface area contributed by atoms with E-state index < -0.39 is 5.91 Å². The minimum absolute atomic E-state index is 0.0229. The maximum atomic E-state index is 13.4. The summed E-state index contributed by atoms with van der Waals surface area (Å²) in [5.74, 6) is 2.77. The Hall–Kier alpha value is -5.26. The van der Waals surface area contributed by atoms with Gasteiger partial charge in [-0.2, -0.15) is 0 Å². The summed E-state index contributed by atoms with van der Waals surface area (Å²) in [4.78, 5) is 53.6. The number of aromatic nitrogens is 4. The molecule has 0 aliphatic carbocycles. The van der Waals surface area contributed by atoms with Crippen LogP contribution in [0.5, 0.6) is 0 Å². The van der Waals surface area contributed by atoms with E-state index in [9.17, 15) is 10.2 Å². The molecule has 2 aliphatic heterocycles. The zero-order valence-corrected chi connectivity index (χ0v) is 31.4. The maximum Gasteiger partial charge on any atom is 0.296 e. The van der Waals surface area contributed by atoms with Crippen LogP contribution in [0.3, 0.4) is 0 Å². The van der Waals surface area contributed by atoms with Crippen LogP contribution in [0.2, 0.25) is 0 Å². The van der Waals surface area contributed by atoms with Crippen LogP contribution in [0.4, 0.5) is 23.3 Å². The number of nitrogens with one attached hydrogen (secondary N) is 5. The molecule has 52 heavy (non-hydrogen) atoms. The van der Waals surface area contributed by atoms with E-state index in [0.717, 1.165) is 122 Å². The average Bonchev–Trinajstić information content (AvgIpc) is 3.82. The van der Waals surface area contributed by atoms with Crippen LogP contribution in [0.15, 0.2) is 49.4 Å². The molecule has 0 spiro atoms. The van der Waals surface area contributed by atoms with Crippen LogP contribution >= 0.6 is 0 Å². The minimum atomic E-state index is -0.559. The summed E-state index contributed by atoms with van der Waals surface area (Å²) in [6, 6.07) is 5.10. The van der Waals surface area contributed by atoms with Crippen LogP contribution in [0.25, 0.3) is 0 Å². The molecule has 12 nitrogen and oxygen atoms in total. The highest BCUT2D eigenvalue weighted by Crippen LogP contribution is 2.36. The Morgan fingerprint density at radius 3 is 1.48 bits per heavy atom. The SMILES string of the molecule is CCCc1c2[nH]c(c1CCC)N=c1[nH]c(c(CCC)c1CCC)=Nc1[nH]c(c(CCC)c1CCC)N=C1NC(=N2)C(=N)C1=NC(=O)c1ccccn1. The van der Waals surface area contributed by atoms with Crippen LogP contribution in [-0.2, 0) is 38.5 Å². The quantitative estimate of drug-likeness (QED) is 0.0964. The molecule has 2 aliphatic rings. The third-order valence-electron chi connectivity index (χ3n) is 9.44. The van der Waals surface area contributed by atoms with Gasteiger partial charge in [0.05, 0.1) is 0 Å². The smallest absolute Gasteiger partial charge is 0.296 e. The van der Waals surface area contributed by atoms with Crippen molar-refractivity contribution in [2.45, 2.75) is 119 Å². The fourth-order valence-electron chi connectivity index (χ4n) is 7.17. The number of rotatable bonds is 13. The van der Waals surface area contributed by atoms with Crippen molar-refractivity contribution in [2.24, 2.45) is 25.0 Å². The molecular weight excluding hydrogens is 651 g/mol. The largest absolute Gasteiger partial charge is 0.324 e. The Balaban J connectivity index is 1.72. The van der Waals surface area contributed by atoms with Crippen LogP contribution < -0.4 is 16.3 Å². The second kappa shape index (κ2) is 16.4. The first-order valence-corrected chi connectivity index (χ1v) is 19.1. The molecule has 0 aromatic carbocycles.